The second kappa shape index (κ2) is 5.31. The van der Waals surface area contributed by atoms with Crippen molar-refractivity contribution >= 4 is 5.97 Å². The molecular formula is C16H17FN2O2. The van der Waals surface area contributed by atoms with Gasteiger partial charge in [0.15, 0.2) is 5.69 Å². The van der Waals surface area contributed by atoms with Gasteiger partial charge in [0.2, 0.25) is 0 Å². The van der Waals surface area contributed by atoms with Gasteiger partial charge in [-0.2, -0.15) is 5.10 Å². The van der Waals surface area contributed by atoms with Gasteiger partial charge >= 0.3 is 5.97 Å². The molecule has 5 heteroatoms. The monoisotopic (exact) mass is 288 g/mol. The lowest BCUT2D eigenvalue weighted by Gasteiger charge is -2.08. The molecular weight excluding hydrogens is 271 g/mol. The molecule has 1 aromatic carbocycles. The number of fused-ring (bicyclic) bond motifs is 1. The van der Waals surface area contributed by atoms with Crippen LogP contribution < -0.4 is 0 Å². The van der Waals surface area contributed by atoms with E-state index in [9.17, 15) is 14.3 Å². The number of carboxylic acid groups (broad SMARTS) is 1. The van der Waals surface area contributed by atoms with Crippen LogP contribution in [0.2, 0.25) is 0 Å². The Kier molecular flexibility index (Phi) is 3.49. The summed E-state index contributed by atoms with van der Waals surface area (Å²) in [6.07, 6.45) is 4.57. The molecule has 21 heavy (non-hydrogen) atoms. The van der Waals surface area contributed by atoms with Gasteiger partial charge in [0.25, 0.3) is 0 Å². The number of hydrogen-bond acceptors (Lipinski definition) is 2. The standard InChI is InChI=1S/C16H17FN2O2/c1-10-7-8-11(9-13(10)17)19-14-6-4-2-3-5-12(14)15(18-19)16(20)21/h7-9H,2-6H2,1H3,(H,20,21). The molecule has 0 saturated carbocycles. The van der Waals surface area contributed by atoms with E-state index in [0.29, 0.717) is 11.3 Å². The molecule has 1 aliphatic carbocycles. The smallest absolute Gasteiger partial charge is 0.356 e. The maximum Gasteiger partial charge on any atom is 0.356 e. The van der Waals surface area contributed by atoms with Crippen LogP contribution >= 0.6 is 0 Å². The number of carbonyl (C=O) groups is 1. The lowest BCUT2D eigenvalue weighted by Crippen LogP contribution is -2.04. The van der Waals surface area contributed by atoms with Gasteiger partial charge in [-0.15, -0.1) is 0 Å². The molecule has 1 heterocycles. The number of hydrogen-bond donors (Lipinski definition) is 1. The highest BCUT2D eigenvalue weighted by Gasteiger charge is 2.24. The number of halogens is 1. The van der Waals surface area contributed by atoms with Crippen LogP contribution in [0.3, 0.4) is 0 Å². The third-order valence-corrected chi connectivity index (χ3v) is 4.03. The van der Waals surface area contributed by atoms with Gasteiger partial charge in [-0.1, -0.05) is 12.5 Å². The predicted octanol–water partition coefficient (Wildman–Crippen LogP) is 3.29. The molecule has 0 spiro atoms. The normalized spacial score (nSPS) is 14.6. The van der Waals surface area contributed by atoms with Crippen molar-refractivity contribution in [2.24, 2.45) is 0 Å². The van der Waals surface area contributed by atoms with Gasteiger partial charge in [0, 0.05) is 11.3 Å². The Labute approximate surface area is 122 Å². The molecule has 110 valence electrons. The Morgan fingerprint density at radius 2 is 2.05 bits per heavy atom. The largest absolute Gasteiger partial charge is 0.476 e. The minimum Gasteiger partial charge on any atom is -0.476 e. The molecule has 0 saturated heterocycles. The van der Waals surface area contributed by atoms with Crippen LogP contribution in [0.5, 0.6) is 0 Å². The maximum atomic E-state index is 13.8. The Bertz CT molecular complexity index is 707. The van der Waals surface area contributed by atoms with Crippen molar-refractivity contribution in [3.8, 4) is 5.69 Å². The fourth-order valence-electron chi connectivity index (χ4n) is 2.87. The number of aromatic carboxylic acids is 1. The average molecular weight is 288 g/mol. The number of carboxylic acids is 1. The molecule has 3 rings (SSSR count). The predicted molar refractivity (Wildman–Crippen MR) is 76.5 cm³/mol. The van der Waals surface area contributed by atoms with E-state index in [1.54, 1.807) is 23.7 Å². The van der Waals surface area contributed by atoms with E-state index in [-0.39, 0.29) is 11.5 Å². The van der Waals surface area contributed by atoms with E-state index in [1.807, 2.05) is 0 Å². The first-order valence-corrected chi connectivity index (χ1v) is 7.18. The molecule has 0 radical (unpaired) electrons. The molecule has 0 fully saturated rings. The number of rotatable bonds is 2. The highest BCUT2D eigenvalue weighted by Crippen LogP contribution is 2.27. The summed E-state index contributed by atoms with van der Waals surface area (Å²) in [7, 11) is 0. The van der Waals surface area contributed by atoms with Crippen molar-refractivity contribution in [1.82, 2.24) is 9.78 Å². The van der Waals surface area contributed by atoms with Gasteiger partial charge < -0.3 is 5.11 Å². The molecule has 4 nitrogen and oxygen atoms in total. The number of benzene rings is 1. The molecule has 0 aliphatic heterocycles. The molecule has 1 aromatic heterocycles. The second-order valence-electron chi connectivity index (χ2n) is 5.48. The zero-order valence-corrected chi connectivity index (χ0v) is 11.9. The van der Waals surface area contributed by atoms with Gasteiger partial charge in [0.05, 0.1) is 5.69 Å². The zero-order chi connectivity index (χ0) is 15.0. The Hall–Kier alpha value is -2.17. The van der Waals surface area contributed by atoms with Crippen LogP contribution in [-0.2, 0) is 12.8 Å². The average Bonchev–Trinajstić information content (AvgIpc) is 2.65. The first-order valence-electron chi connectivity index (χ1n) is 7.18. The molecule has 2 aromatic rings. The highest BCUT2D eigenvalue weighted by molar-refractivity contribution is 5.87. The summed E-state index contributed by atoms with van der Waals surface area (Å²) in [4.78, 5) is 11.4. The third kappa shape index (κ3) is 2.44. The van der Waals surface area contributed by atoms with E-state index in [1.165, 1.54) is 6.07 Å². The highest BCUT2D eigenvalue weighted by atomic mass is 19.1. The summed E-state index contributed by atoms with van der Waals surface area (Å²) in [6.45, 7) is 1.70. The van der Waals surface area contributed by atoms with Crippen LogP contribution in [0.15, 0.2) is 18.2 Å². The van der Waals surface area contributed by atoms with E-state index in [4.69, 9.17) is 0 Å². The van der Waals surface area contributed by atoms with Gasteiger partial charge in [-0.3, -0.25) is 0 Å². The van der Waals surface area contributed by atoms with Crippen LogP contribution in [0.25, 0.3) is 5.69 Å². The summed E-state index contributed by atoms with van der Waals surface area (Å²) >= 11 is 0. The minimum atomic E-state index is -1.01. The fraction of sp³-hybridized carbons (Fsp3) is 0.375. The topological polar surface area (TPSA) is 55.1 Å². The van der Waals surface area contributed by atoms with Gasteiger partial charge in [-0.05, 0) is 50.3 Å². The maximum absolute atomic E-state index is 13.8. The van der Waals surface area contributed by atoms with E-state index < -0.39 is 5.97 Å². The second-order valence-corrected chi connectivity index (χ2v) is 5.48. The van der Waals surface area contributed by atoms with Crippen molar-refractivity contribution < 1.29 is 14.3 Å². The summed E-state index contributed by atoms with van der Waals surface area (Å²) in [6, 6.07) is 4.89. The van der Waals surface area contributed by atoms with Crippen molar-refractivity contribution in [1.29, 1.82) is 0 Å². The molecule has 1 N–H and O–H groups in total. The summed E-state index contributed by atoms with van der Waals surface area (Å²) < 4.78 is 15.4. The third-order valence-electron chi connectivity index (χ3n) is 4.03. The number of aryl methyl sites for hydroxylation is 1. The first kappa shape index (κ1) is 13.8. The van der Waals surface area contributed by atoms with E-state index in [2.05, 4.69) is 5.10 Å². The van der Waals surface area contributed by atoms with Crippen molar-refractivity contribution in [2.45, 2.75) is 39.0 Å². The van der Waals surface area contributed by atoms with Gasteiger partial charge in [0.1, 0.15) is 5.82 Å². The summed E-state index contributed by atoms with van der Waals surface area (Å²) in [5, 5.41) is 13.6. The summed E-state index contributed by atoms with van der Waals surface area (Å²) in [5.74, 6) is -1.32. The van der Waals surface area contributed by atoms with Crippen LogP contribution in [0.1, 0.15) is 46.6 Å². The van der Waals surface area contributed by atoms with E-state index >= 15 is 0 Å². The lowest BCUT2D eigenvalue weighted by molar-refractivity contribution is 0.0688. The quantitative estimate of drug-likeness (QED) is 0.863. The van der Waals surface area contributed by atoms with Crippen molar-refractivity contribution in [2.75, 3.05) is 0 Å². The molecule has 0 bridgehead atoms. The zero-order valence-electron chi connectivity index (χ0n) is 11.9. The van der Waals surface area contributed by atoms with Crippen molar-refractivity contribution in [3.05, 3.63) is 46.5 Å². The summed E-state index contributed by atoms with van der Waals surface area (Å²) in [5.41, 5.74) is 2.97. The first-order chi connectivity index (χ1) is 10.1. The fourth-order valence-corrected chi connectivity index (χ4v) is 2.87. The number of nitrogens with zero attached hydrogens (tertiary/aromatic N) is 2. The van der Waals surface area contributed by atoms with Crippen molar-refractivity contribution in [3.63, 3.8) is 0 Å². The minimum absolute atomic E-state index is 0.105. The van der Waals surface area contributed by atoms with E-state index in [0.717, 1.165) is 43.4 Å². The Morgan fingerprint density at radius 1 is 1.29 bits per heavy atom. The van der Waals surface area contributed by atoms with Crippen LogP contribution in [-0.4, -0.2) is 20.9 Å². The molecule has 0 unspecified atom stereocenters. The number of aromatic nitrogens is 2. The van der Waals surface area contributed by atoms with Gasteiger partial charge in [-0.25, -0.2) is 13.9 Å². The molecule has 1 aliphatic rings. The lowest BCUT2D eigenvalue weighted by atomic mass is 10.1. The SMILES string of the molecule is Cc1ccc(-n2nc(C(=O)O)c3c2CCCCC3)cc1F. The Morgan fingerprint density at radius 3 is 2.76 bits per heavy atom. The van der Waals surface area contributed by atoms with Crippen LogP contribution in [0, 0.1) is 12.7 Å². The van der Waals surface area contributed by atoms with Crippen LogP contribution in [0.4, 0.5) is 4.39 Å². The molecule has 0 atom stereocenters. The molecule has 0 amide bonds. The Balaban J connectivity index is 2.17.